The third kappa shape index (κ3) is 4.04. The summed E-state index contributed by atoms with van der Waals surface area (Å²) in [5.74, 6) is 2.04. The Balaban J connectivity index is 1.36. The second-order valence-electron chi connectivity index (χ2n) is 6.62. The molecule has 0 aliphatic heterocycles. The molecule has 0 fully saturated rings. The van der Waals surface area contributed by atoms with Crippen molar-refractivity contribution in [2.45, 2.75) is 26.1 Å². The molecule has 0 amide bonds. The molecule has 0 spiro atoms. The molecule has 2 aromatic carbocycles. The summed E-state index contributed by atoms with van der Waals surface area (Å²) < 4.78 is 29.7. The molecule has 4 rings (SSSR count). The van der Waals surface area contributed by atoms with Crippen LogP contribution in [0, 0.1) is 5.82 Å². The van der Waals surface area contributed by atoms with E-state index in [1.165, 1.54) is 12.1 Å². The fourth-order valence-corrected chi connectivity index (χ4v) is 2.87. The molecule has 0 bridgehead atoms. The summed E-state index contributed by atoms with van der Waals surface area (Å²) in [6, 6.07) is 15.8. The van der Waals surface area contributed by atoms with Crippen LogP contribution < -0.4 is 4.74 Å². The molecule has 0 aliphatic carbocycles. The first-order valence-electron chi connectivity index (χ1n) is 8.97. The van der Waals surface area contributed by atoms with Crippen LogP contribution in [-0.2, 0) is 13.2 Å². The molecule has 2 aromatic heterocycles. The molecule has 6 nitrogen and oxygen atoms in total. The second kappa shape index (κ2) is 7.82. The van der Waals surface area contributed by atoms with Gasteiger partial charge < -0.3 is 13.7 Å². The van der Waals surface area contributed by atoms with Gasteiger partial charge in [0.25, 0.3) is 0 Å². The van der Waals surface area contributed by atoms with Gasteiger partial charge in [-0.25, -0.2) is 4.39 Å². The quantitative estimate of drug-likeness (QED) is 0.461. The third-order valence-corrected chi connectivity index (χ3v) is 4.59. The van der Waals surface area contributed by atoms with Crippen LogP contribution in [0.1, 0.15) is 30.4 Å². The summed E-state index contributed by atoms with van der Waals surface area (Å²) in [5.41, 5.74) is 0.871. The van der Waals surface area contributed by atoms with Gasteiger partial charge in [-0.3, -0.25) is 4.90 Å². The Morgan fingerprint density at radius 1 is 1.14 bits per heavy atom. The smallest absolute Gasteiger partial charge is 0.240 e. The number of fused-ring (bicyclic) bond motifs is 1. The van der Waals surface area contributed by atoms with Gasteiger partial charge in [-0.2, -0.15) is 4.98 Å². The summed E-state index contributed by atoms with van der Waals surface area (Å²) in [7, 11) is 1.97. The number of aromatic nitrogens is 2. The highest BCUT2D eigenvalue weighted by atomic mass is 19.1. The summed E-state index contributed by atoms with van der Waals surface area (Å²) >= 11 is 0. The fourth-order valence-electron chi connectivity index (χ4n) is 2.87. The van der Waals surface area contributed by atoms with Crippen molar-refractivity contribution in [3.05, 3.63) is 77.9 Å². The lowest BCUT2D eigenvalue weighted by Crippen LogP contribution is -2.21. The zero-order valence-corrected chi connectivity index (χ0v) is 15.6. The Hall–Kier alpha value is -3.19. The van der Waals surface area contributed by atoms with Crippen LogP contribution in [-0.4, -0.2) is 22.1 Å². The van der Waals surface area contributed by atoms with Crippen molar-refractivity contribution in [3.63, 3.8) is 0 Å². The van der Waals surface area contributed by atoms with Crippen molar-refractivity contribution in [1.82, 2.24) is 15.0 Å². The number of furan rings is 1. The lowest BCUT2D eigenvalue weighted by atomic mass is 10.2. The van der Waals surface area contributed by atoms with Gasteiger partial charge in [0.1, 0.15) is 22.9 Å². The van der Waals surface area contributed by atoms with Crippen molar-refractivity contribution in [1.29, 1.82) is 0 Å². The molecule has 144 valence electrons. The molecule has 0 saturated heterocycles. The molecular weight excluding hydrogens is 361 g/mol. The average molecular weight is 381 g/mol. The Labute approximate surface area is 161 Å². The van der Waals surface area contributed by atoms with E-state index in [0.29, 0.717) is 24.0 Å². The topological polar surface area (TPSA) is 64.5 Å². The van der Waals surface area contributed by atoms with Crippen LogP contribution in [0.4, 0.5) is 4.39 Å². The van der Waals surface area contributed by atoms with E-state index in [1.807, 2.05) is 37.4 Å². The number of halogens is 1. The van der Waals surface area contributed by atoms with Crippen molar-refractivity contribution >= 4 is 11.0 Å². The third-order valence-electron chi connectivity index (χ3n) is 4.59. The summed E-state index contributed by atoms with van der Waals surface area (Å²) in [6.45, 7) is 2.69. The van der Waals surface area contributed by atoms with E-state index in [4.69, 9.17) is 13.7 Å². The van der Waals surface area contributed by atoms with Gasteiger partial charge in [0.2, 0.25) is 11.7 Å². The number of hydrogen-bond acceptors (Lipinski definition) is 6. The van der Waals surface area contributed by atoms with Gasteiger partial charge in [0.15, 0.2) is 6.61 Å². The maximum atomic E-state index is 12.9. The predicted octanol–water partition coefficient (Wildman–Crippen LogP) is 4.73. The van der Waals surface area contributed by atoms with Gasteiger partial charge in [-0.1, -0.05) is 23.4 Å². The van der Waals surface area contributed by atoms with E-state index in [2.05, 4.69) is 22.0 Å². The Morgan fingerprint density at radius 3 is 2.71 bits per heavy atom. The number of benzene rings is 2. The van der Waals surface area contributed by atoms with Crippen molar-refractivity contribution < 1.29 is 18.1 Å². The van der Waals surface area contributed by atoms with E-state index in [0.717, 1.165) is 16.7 Å². The van der Waals surface area contributed by atoms with Crippen molar-refractivity contribution in [2.75, 3.05) is 7.05 Å². The zero-order valence-electron chi connectivity index (χ0n) is 15.6. The van der Waals surface area contributed by atoms with Gasteiger partial charge >= 0.3 is 0 Å². The summed E-state index contributed by atoms with van der Waals surface area (Å²) in [6.07, 6.45) is 0. The molecule has 2 heterocycles. The Kier molecular flexibility index (Phi) is 5.08. The van der Waals surface area contributed by atoms with Crippen LogP contribution in [0.15, 0.2) is 63.5 Å². The Morgan fingerprint density at radius 2 is 1.93 bits per heavy atom. The van der Waals surface area contributed by atoms with Crippen LogP contribution >= 0.6 is 0 Å². The van der Waals surface area contributed by atoms with Gasteiger partial charge in [0.05, 0.1) is 12.6 Å². The van der Waals surface area contributed by atoms with Crippen LogP contribution in [0.5, 0.6) is 5.75 Å². The number of hydrogen-bond donors (Lipinski definition) is 0. The number of rotatable bonds is 7. The van der Waals surface area contributed by atoms with E-state index in [-0.39, 0.29) is 18.5 Å². The SMILES string of the molecule is CC(c1cc2ccccc2o1)N(C)Cc1nc(COc2ccc(F)cc2)no1. The monoisotopic (exact) mass is 381 g/mol. The van der Waals surface area contributed by atoms with Gasteiger partial charge in [-0.05, 0) is 50.4 Å². The number of para-hydroxylation sites is 1. The first kappa shape index (κ1) is 18.2. The molecule has 0 saturated carbocycles. The van der Waals surface area contributed by atoms with Gasteiger partial charge in [-0.15, -0.1) is 0 Å². The minimum Gasteiger partial charge on any atom is -0.485 e. The minimum absolute atomic E-state index is 0.0400. The van der Waals surface area contributed by atoms with Crippen LogP contribution in [0.25, 0.3) is 11.0 Å². The highest BCUT2D eigenvalue weighted by Crippen LogP contribution is 2.27. The van der Waals surface area contributed by atoms with E-state index in [1.54, 1.807) is 12.1 Å². The highest BCUT2D eigenvalue weighted by molar-refractivity contribution is 5.77. The van der Waals surface area contributed by atoms with Crippen LogP contribution in [0.2, 0.25) is 0 Å². The highest BCUT2D eigenvalue weighted by Gasteiger charge is 2.19. The lowest BCUT2D eigenvalue weighted by Gasteiger charge is -2.20. The molecule has 28 heavy (non-hydrogen) atoms. The van der Waals surface area contributed by atoms with E-state index in [9.17, 15) is 4.39 Å². The molecule has 7 heteroatoms. The molecule has 1 unspecified atom stereocenters. The molecule has 0 N–H and O–H groups in total. The Bertz CT molecular complexity index is 1030. The van der Waals surface area contributed by atoms with Gasteiger partial charge in [0, 0.05) is 5.39 Å². The van der Waals surface area contributed by atoms with Crippen LogP contribution in [0.3, 0.4) is 0 Å². The molecule has 0 aliphatic rings. The standard InChI is InChI=1S/C21H20FN3O3/c1-14(19-11-15-5-3-4-6-18(15)27-19)25(2)12-21-23-20(24-28-21)13-26-17-9-7-16(22)8-10-17/h3-11,14H,12-13H2,1-2H3. The average Bonchev–Trinajstić information content (AvgIpc) is 3.33. The fraction of sp³-hybridized carbons (Fsp3) is 0.238. The van der Waals surface area contributed by atoms with E-state index >= 15 is 0 Å². The molecule has 0 radical (unpaired) electrons. The van der Waals surface area contributed by atoms with Crippen molar-refractivity contribution in [2.24, 2.45) is 0 Å². The largest absolute Gasteiger partial charge is 0.485 e. The molecule has 1 atom stereocenters. The number of nitrogens with zero attached hydrogens (tertiary/aromatic N) is 3. The zero-order chi connectivity index (χ0) is 19.5. The minimum atomic E-state index is -0.309. The normalized spacial score (nSPS) is 12.6. The first-order valence-corrected chi connectivity index (χ1v) is 8.97. The summed E-state index contributed by atoms with van der Waals surface area (Å²) in [4.78, 5) is 6.42. The van der Waals surface area contributed by atoms with E-state index < -0.39 is 0 Å². The maximum Gasteiger partial charge on any atom is 0.240 e. The lowest BCUT2D eigenvalue weighted by molar-refractivity contribution is 0.197. The summed E-state index contributed by atoms with van der Waals surface area (Å²) in [5, 5.41) is 5.01. The number of ether oxygens (including phenoxy) is 1. The molecule has 4 aromatic rings. The molecular formula is C21H20FN3O3. The van der Waals surface area contributed by atoms with Crippen molar-refractivity contribution in [3.8, 4) is 5.75 Å². The maximum absolute atomic E-state index is 12.9. The first-order chi connectivity index (χ1) is 13.6. The second-order valence-corrected chi connectivity index (χ2v) is 6.62. The predicted molar refractivity (Wildman–Crippen MR) is 101 cm³/mol.